The zero-order valence-corrected chi connectivity index (χ0v) is 13.2. The number of hydrogen-bond donors (Lipinski definition) is 1. The van der Waals surface area contributed by atoms with E-state index in [2.05, 4.69) is 6.07 Å². The molecule has 2 rings (SSSR count). The molecule has 0 bridgehead atoms. The average molecular weight is 299 g/mol. The van der Waals surface area contributed by atoms with Gasteiger partial charge in [0.1, 0.15) is 11.6 Å². The van der Waals surface area contributed by atoms with Crippen LogP contribution in [0.15, 0.2) is 30.3 Å². The van der Waals surface area contributed by atoms with Crippen molar-refractivity contribution >= 4 is 17.4 Å². The third-order valence-corrected chi connectivity index (χ3v) is 3.36. The topological polar surface area (TPSA) is 79.3 Å². The van der Waals surface area contributed by atoms with E-state index in [9.17, 15) is 10.1 Å². The second-order valence-electron chi connectivity index (χ2n) is 6.34. The molecule has 1 aliphatic rings. The van der Waals surface area contributed by atoms with Gasteiger partial charge in [-0.25, -0.2) is 4.79 Å². The van der Waals surface area contributed by atoms with Crippen LogP contribution in [-0.4, -0.2) is 29.2 Å². The Hall–Kier alpha value is -2.48. The molecule has 1 aromatic rings. The fourth-order valence-corrected chi connectivity index (χ4v) is 2.28. The van der Waals surface area contributed by atoms with Crippen molar-refractivity contribution in [2.75, 3.05) is 12.3 Å². The van der Waals surface area contributed by atoms with E-state index in [1.165, 1.54) is 4.90 Å². The van der Waals surface area contributed by atoms with Gasteiger partial charge in [0.15, 0.2) is 0 Å². The van der Waals surface area contributed by atoms with E-state index in [1.807, 2.05) is 51.1 Å². The summed E-state index contributed by atoms with van der Waals surface area (Å²) in [7, 11) is 0. The molecule has 0 aliphatic carbocycles. The number of nitriles is 1. The number of ether oxygens (including phenoxy) is 1. The second kappa shape index (κ2) is 6.10. The Morgan fingerprint density at radius 2 is 2.00 bits per heavy atom. The van der Waals surface area contributed by atoms with E-state index < -0.39 is 17.7 Å². The predicted octanol–water partition coefficient (Wildman–Crippen LogP) is 3.19. The molecule has 1 unspecified atom stereocenters. The van der Waals surface area contributed by atoms with Gasteiger partial charge in [0.25, 0.3) is 0 Å². The molecule has 5 nitrogen and oxygen atoms in total. The van der Waals surface area contributed by atoms with Gasteiger partial charge in [-0.15, -0.1) is 0 Å². The minimum absolute atomic E-state index is 0.358. The first kappa shape index (κ1) is 15.9. The predicted molar refractivity (Wildman–Crippen MR) is 85.8 cm³/mol. The molecule has 1 aliphatic heterocycles. The zero-order chi connectivity index (χ0) is 16.3. The number of nitrogen functional groups attached to an aromatic ring is 1. The fourth-order valence-electron chi connectivity index (χ4n) is 2.28. The molecule has 0 spiro atoms. The van der Waals surface area contributed by atoms with E-state index in [-0.39, 0.29) is 0 Å². The highest BCUT2D eigenvalue weighted by atomic mass is 16.6. The molecule has 1 amide bonds. The van der Waals surface area contributed by atoms with E-state index >= 15 is 0 Å². The van der Waals surface area contributed by atoms with Crippen LogP contribution in [-0.2, 0) is 4.74 Å². The smallest absolute Gasteiger partial charge is 0.411 e. The third-order valence-electron chi connectivity index (χ3n) is 3.36. The molecular formula is C17H21N3O2. The SMILES string of the molecule is CC(C)(C)OC(=O)N1CC(c2ccc(N)cc2)=CCC1C#N. The second-order valence-corrected chi connectivity index (χ2v) is 6.34. The first-order valence-electron chi connectivity index (χ1n) is 7.24. The summed E-state index contributed by atoms with van der Waals surface area (Å²) in [4.78, 5) is 13.8. The molecule has 0 aromatic heterocycles. The van der Waals surface area contributed by atoms with Crippen LogP contribution in [0.5, 0.6) is 0 Å². The molecule has 0 radical (unpaired) electrons. The van der Waals surface area contributed by atoms with Crippen LogP contribution in [0.25, 0.3) is 5.57 Å². The molecule has 0 saturated heterocycles. The van der Waals surface area contributed by atoms with E-state index in [4.69, 9.17) is 10.5 Å². The number of amides is 1. The molecule has 22 heavy (non-hydrogen) atoms. The number of carbonyl (C=O) groups is 1. The highest BCUT2D eigenvalue weighted by Gasteiger charge is 2.31. The molecule has 1 atom stereocenters. The van der Waals surface area contributed by atoms with E-state index in [1.54, 1.807) is 0 Å². The van der Waals surface area contributed by atoms with Crippen molar-refractivity contribution in [3.63, 3.8) is 0 Å². The van der Waals surface area contributed by atoms with Gasteiger partial charge >= 0.3 is 6.09 Å². The summed E-state index contributed by atoms with van der Waals surface area (Å²) in [5.74, 6) is 0. The lowest BCUT2D eigenvalue weighted by molar-refractivity contribution is 0.0228. The number of nitrogens with zero attached hydrogens (tertiary/aromatic N) is 2. The number of anilines is 1. The summed E-state index contributed by atoms with van der Waals surface area (Å²) in [5, 5.41) is 9.26. The maximum Gasteiger partial charge on any atom is 0.411 e. The van der Waals surface area contributed by atoms with Crippen LogP contribution in [0.1, 0.15) is 32.8 Å². The van der Waals surface area contributed by atoms with Crippen LogP contribution in [0.2, 0.25) is 0 Å². The lowest BCUT2D eigenvalue weighted by Gasteiger charge is -2.33. The third kappa shape index (κ3) is 3.79. The first-order valence-corrected chi connectivity index (χ1v) is 7.24. The Labute approximate surface area is 131 Å². The van der Waals surface area contributed by atoms with Crippen molar-refractivity contribution in [1.82, 2.24) is 4.90 Å². The molecular weight excluding hydrogens is 278 g/mol. The lowest BCUT2D eigenvalue weighted by atomic mass is 9.97. The number of carbonyl (C=O) groups excluding carboxylic acids is 1. The summed E-state index contributed by atoms with van der Waals surface area (Å²) in [6, 6.07) is 9.15. The van der Waals surface area contributed by atoms with Gasteiger partial charge in [-0.2, -0.15) is 5.26 Å². The van der Waals surface area contributed by atoms with Crippen LogP contribution < -0.4 is 5.73 Å². The van der Waals surface area contributed by atoms with Crippen molar-refractivity contribution in [1.29, 1.82) is 5.26 Å². The Morgan fingerprint density at radius 3 is 2.55 bits per heavy atom. The van der Waals surface area contributed by atoms with Crippen molar-refractivity contribution in [3.8, 4) is 6.07 Å². The first-order chi connectivity index (χ1) is 10.3. The van der Waals surface area contributed by atoms with Crippen molar-refractivity contribution in [2.45, 2.75) is 38.8 Å². The van der Waals surface area contributed by atoms with E-state index in [0.29, 0.717) is 18.7 Å². The largest absolute Gasteiger partial charge is 0.444 e. The van der Waals surface area contributed by atoms with Crippen molar-refractivity contribution < 1.29 is 9.53 Å². The summed E-state index contributed by atoms with van der Waals surface area (Å²) in [5.41, 5.74) is 7.80. The number of nitrogens with two attached hydrogens (primary N) is 1. The number of rotatable bonds is 1. The minimum Gasteiger partial charge on any atom is -0.444 e. The Balaban J connectivity index is 2.21. The van der Waals surface area contributed by atoms with Gasteiger partial charge in [-0.05, 0) is 44.0 Å². The Kier molecular flexibility index (Phi) is 4.41. The van der Waals surface area contributed by atoms with Crippen molar-refractivity contribution in [2.24, 2.45) is 0 Å². The summed E-state index contributed by atoms with van der Waals surface area (Å²) in [6.07, 6.45) is 2.04. The van der Waals surface area contributed by atoms with Crippen LogP contribution in [0.3, 0.4) is 0 Å². The van der Waals surface area contributed by atoms with Crippen molar-refractivity contribution in [3.05, 3.63) is 35.9 Å². The van der Waals surface area contributed by atoms with Gasteiger partial charge in [-0.3, -0.25) is 4.90 Å². The monoisotopic (exact) mass is 299 g/mol. The summed E-state index contributed by atoms with van der Waals surface area (Å²) in [6.45, 7) is 5.80. The Morgan fingerprint density at radius 1 is 1.36 bits per heavy atom. The molecule has 2 N–H and O–H groups in total. The highest BCUT2D eigenvalue weighted by Crippen LogP contribution is 2.26. The fraction of sp³-hybridized carbons (Fsp3) is 0.412. The maximum atomic E-state index is 12.3. The summed E-state index contributed by atoms with van der Waals surface area (Å²) < 4.78 is 5.40. The van der Waals surface area contributed by atoms with Gasteiger partial charge in [0.05, 0.1) is 12.6 Å². The van der Waals surface area contributed by atoms with Gasteiger partial charge < -0.3 is 10.5 Å². The number of hydrogen-bond acceptors (Lipinski definition) is 4. The molecule has 0 saturated carbocycles. The maximum absolute atomic E-state index is 12.3. The average Bonchev–Trinajstić information content (AvgIpc) is 2.45. The van der Waals surface area contributed by atoms with Gasteiger partial charge in [0, 0.05) is 12.1 Å². The van der Waals surface area contributed by atoms with Gasteiger partial charge in [0.2, 0.25) is 0 Å². The summed E-state index contributed by atoms with van der Waals surface area (Å²) >= 11 is 0. The minimum atomic E-state index is -0.584. The molecule has 1 aromatic carbocycles. The zero-order valence-electron chi connectivity index (χ0n) is 13.2. The van der Waals surface area contributed by atoms with Crippen LogP contribution >= 0.6 is 0 Å². The standard InChI is InChI=1S/C17H21N3O2/c1-17(2,3)22-16(21)20-11-13(6-9-15(20)10-18)12-4-7-14(19)8-5-12/h4-8,15H,9,11,19H2,1-3H3. The lowest BCUT2D eigenvalue weighted by Crippen LogP contribution is -2.45. The van der Waals surface area contributed by atoms with Gasteiger partial charge in [-0.1, -0.05) is 18.2 Å². The molecule has 0 fully saturated rings. The van der Waals surface area contributed by atoms with Crippen LogP contribution in [0, 0.1) is 11.3 Å². The Bertz CT molecular complexity index is 621. The quantitative estimate of drug-likeness (QED) is 0.808. The number of benzene rings is 1. The molecule has 1 heterocycles. The highest BCUT2D eigenvalue weighted by molar-refractivity contribution is 5.76. The molecule has 5 heteroatoms. The molecule has 116 valence electrons. The van der Waals surface area contributed by atoms with E-state index in [0.717, 1.165) is 11.1 Å². The van der Waals surface area contributed by atoms with Crippen LogP contribution in [0.4, 0.5) is 10.5 Å². The normalized spacial score (nSPS) is 18.4.